The third-order valence-corrected chi connectivity index (χ3v) is 14.9. The van der Waals surface area contributed by atoms with Crippen LogP contribution in [0.15, 0.2) is 72.9 Å². The van der Waals surface area contributed by atoms with Crippen molar-refractivity contribution < 1.29 is 28.6 Å². The van der Waals surface area contributed by atoms with Crippen molar-refractivity contribution in [1.29, 1.82) is 0 Å². The minimum atomic E-state index is -0.787. The van der Waals surface area contributed by atoms with Crippen LogP contribution in [0.2, 0.25) is 0 Å². The number of hydrogen-bond donors (Lipinski definition) is 0. The number of hydrogen-bond acceptors (Lipinski definition) is 6. The summed E-state index contributed by atoms with van der Waals surface area (Å²) >= 11 is 0. The van der Waals surface area contributed by atoms with Crippen LogP contribution >= 0.6 is 0 Å². The SMILES string of the molecule is CC/C=C\C/C=C\C/C=C\C/C=C\CCCCCCC(=O)OC(COC(=O)CCCCCCCCCCCCCCCC)COC(=O)CCCCCCCCCCCCCCCCCCC/C=C\C/C=C\CCCCCCC. The largest absolute Gasteiger partial charge is 0.462 e. The predicted molar refractivity (Wildman–Crippen MR) is 339 cm³/mol. The minimum absolute atomic E-state index is 0.0812. The number of esters is 3. The highest BCUT2D eigenvalue weighted by Gasteiger charge is 2.19. The van der Waals surface area contributed by atoms with Crippen LogP contribution in [0.1, 0.15) is 348 Å². The Kier molecular flexibility index (Phi) is 63.7. The van der Waals surface area contributed by atoms with E-state index in [1.807, 2.05) is 0 Å². The van der Waals surface area contributed by atoms with Gasteiger partial charge < -0.3 is 14.2 Å². The van der Waals surface area contributed by atoms with E-state index in [0.29, 0.717) is 19.3 Å². The predicted octanol–water partition coefficient (Wildman–Crippen LogP) is 23.3. The molecule has 0 aromatic carbocycles. The smallest absolute Gasteiger partial charge is 0.306 e. The maximum absolute atomic E-state index is 12.9. The Morgan fingerprint density at radius 1 is 0.269 bits per heavy atom. The number of allylic oxidation sites excluding steroid dienone is 12. The van der Waals surface area contributed by atoms with Gasteiger partial charge in [-0.15, -0.1) is 0 Å². The van der Waals surface area contributed by atoms with Gasteiger partial charge in [0, 0.05) is 19.3 Å². The van der Waals surface area contributed by atoms with E-state index in [4.69, 9.17) is 14.2 Å². The Bertz CT molecular complexity index is 1440. The molecule has 0 fully saturated rings. The van der Waals surface area contributed by atoms with E-state index in [2.05, 4.69) is 93.7 Å². The molecule has 0 aliphatic rings. The first-order chi connectivity index (χ1) is 38.5. The first-order valence-electron chi connectivity index (χ1n) is 33.9. The average Bonchev–Trinajstić information content (AvgIpc) is 3.44. The number of unbranched alkanes of at least 4 members (excludes halogenated alkanes) is 39. The van der Waals surface area contributed by atoms with Crippen LogP contribution in [-0.2, 0) is 28.6 Å². The number of ether oxygens (including phenoxy) is 3. The molecule has 0 bridgehead atoms. The van der Waals surface area contributed by atoms with E-state index in [1.165, 1.54) is 205 Å². The summed E-state index contributed by atoms with van der Waals surface area (Å²) in [6, 6.07) is 0. The summed E-state index contributed by atoms with van der Waals surface area (Å²) in [5.41, 5.74) is 0. The lowest BCUT2D eigenvalue weighted by atomic mass is 10.0. The van der Waals surface area contributed by atoms with E-state index in [9.17, 15) is 14.4 Å². The molecule has 6 heteroatoms. The fraction of sp³-hybridized carbons (Fsp3) is 0.792. The van der Waals surface area contributed by atoms with E-state index < -0.39 is 6.10 Å². The zero-order valence-electron chi connectivity index (χ0n) is 51.9. The van der Waals surface area contributed by atoms with Crippen molar-refractivity contribution in [2.75, 3.05) is 13.2 Å². The Labute approximate surface area is 484 Å². The molecular formula is C72H128O6. The van der Waals surface area contributed by atoms with Gasteiger partial charge in [-0.25, -0.2) is 0 Å². The molecular weight excluding hydrogens is 961 g/mol. The third kappa shape index (κ3) is 63.7. The molecule has 0 heterocycles. The molecule has 0 radical (unpaired) electrons. The van der Waals surface area contributed by atoms with E-state index in [0.717, 1.165) is 103 Å². The Morgan fingerprint density at radius 3 is 0.782 bits per heavy atom. The molecule has 78 heavy (non-hydrogen) atoms. The van der Waals surface area contributed by atoms with Crippen LogP contribution in [0.4, 0.5) is 0 Å². The Morgan fingerprint density at radius 2 is 0.500 bits per heavy atom. The first kappa shape index (κ1) is 74.8. The molecule has 0 spiro atoms. The monoisotopic (exact) mass is 1090 g/mol. The van der Waals surface area contributed by atoms with Gasteiger partial charge in [0.15, 0.2) is 6.10 Å². The van der Waals surface area contributed by atoms with Gasteiger partial charge in [-0.2, -0.15) is 0 Å². The molecule has 0 amide bonds. The van der Waals surface area contributed by atoms with Gasteiger partial charge in [-0.3, -0.25) is 14.4 Å². The molecule has 6 nitrogen and oxygen atoms in total. The van der Waals surface area contributed by atoms with Crippen LogP contribution < -0.4 is 0 Å². The lowest BCUT2D eigenvalue weighted by molar-refractivity contribution is -0.167. The van der Waals surface area contributed by atoms with E-state index in [1.54, 1.807) is 0 Å². The van der Waals surface area contributed by atoms with Crippen molar-refractivity contribution in [1.82, 2.24) is 0 Å². The molecule has 0 aromatic rings. The molecule has 0 saturated carbocycles. The highest BCUT2D eigenvalue weighted by molar-refractivity contribution is 5.71. The van der Waals surface area contributed by atoms with Crippen molar-refractivity contribution in [3.05, 3.63) is 72.9 Å². The summed E-state index contributed by atoms with van der Waals surface area (Å²) in [4.78, 5) is 38.3. The summed E-state index contributed by atoms with van der Waals surface area (Å²) < 4.78 is 16.9. The summed E-state index contributed by atoms with van der Waals surface area (Å²) in [7, 11) is 0. The van der Waals surface area contributed by atoms with Crippen molar-refractivity contribution >= 4 is 17.9 Å². The van der Waals surface area contributed by atoms with E-state index >= 15 is 0 Å². The van der Waals surface area contributed by atoms with Crippen molar-refractivity contribution in [3.63, 3.8) is 0 Å². The van der Waals surface area contributed by atoms with Crippen LogP contribution in [0, 0.1) is 0 Å². The quantitative estimate of drug-likeness (QED) is 0.0261. The molecule has 0 aliphatic carbocycles. The zero-order valence-corrected chi connectivity index (χ0v) is 51.9. The van der Waals surface area contributed by atoms with Crippen molar-refractivity contribution in [2.45, 2.75) is 354 Å². The number of carbonyl (C=O) groups excluding carboxylic acids is 3. The second-order valence-electron chi connectivity index (χ2n) is 22.7. The molecule has 0 aliphatic heterocycles. The molecule has 1 unspecified atom stereocenters. The summed E-state index contributed by atoms with van der Waals surface area (Å²) in [5, 5.41) is 0. The zero-order chi connectivity index (χ0) is 56.4. The van der Waals surface area contributed by atoms with Crippen molar-refractivity contribution in [3.8, 4) is 0 Å². The van der Waals surface area contributed by atoms with Gasteiger partial charge in [0.2, 0.25) is 0 Å². The minimum Gasteiger partial charge on any atom is -0.462 e. The summed E-state index contributed by atoms with van der Waals surface area (Å²) in [6.07, 6.45) is 86.4. The first-order valence-corrected chi connectivity index (χ1v) is 33.9. The molecule has 452 valence electrons. The van der Waals surface area contributed by atoms with Crippen LogP contribution in [-0.4, -0.2) is 37.2 Å². The fourth-order valence-corrected chi connectivity index (χ4v) is 9.88. The maximum Gasteiger partial charge on any atom is 0.306 e. The van der Waals surface area contributed by atoms with Crippen LogP contribution in [0.25, 0.3) is 0 Å². The van der Waals surface area contributed by atoms with Gasteiger partial charge in [0.1, 0.15) is 13.2 Å². The maximum atomic E-state index is 12.9. The van der Waals surface area contributed by atoms with Gasteiger partial charge in [0.25, 0.3) is 0 Å². The standard InChI is InChI=1S/C72H128O6/c1-4-7-10-13-16-19-22-25-28-30-31-32-33-34-35-36-37-38-39-40-41-43-44-47-50-53-56-59-62-65-71(74)77-68-69(67-76-70(73)64-61-58-55-52-49-46-27-24-21-18-15-12-9-6-3)78-72(75)66-63-60-57-54-51-48-45-42-29-26-23-20-17-14-11-8-5-2/h8,11,17,20,22,25-26,29-31,45,48,69H,4-7,9-10,12-16,18-19,21,23-24,27-28,32-44,46-47,49-68H2,1-3H3/b11-8-,20-17-,25-22-,29-26-,31-30-,48-45-. The fourth-order valence-electron chi connectivity index (χ4n) is 9.88. The van der Waals surface area contributed by atoms with Gasteiger partial charge in [-0.05, 0) is 89.9 Å². The number of rotatable bonds is 62. The van der Waals surface area contributed by atoms with Crippen LogP contribution in [0.3, 0.4) is 0 Å². The third-order valence-electron chi connectivity index (χ3n) is 14.9. The summed E-state index contributed by atoms with van der Waals surface area (Å²) in [5.74, 6) is -0.886. The second-order valence-corrected chi connectivity index (χ2v) is 22.7. The normalized spacial score (nSPS) is 12.5. The molecule has 0 rings (SSSR count). The van der Waals surface area contributed by atoms with Gasteiger partial charge >= 0.3 is 17.9 Å². The molecule has 1 atom stereocenters. The second kappa shape index (κ2) is 66.4. The van der Waals surface area contributed by atoms with Crippen LogP contribution in [0.5, 0.6) is 0 Å². The Hall–Kier alpha value is -3.15. The molecule has 0 saturated heterocycles. The van der Waals surface area contributed by atoms with Gasteiger partial charge in [0.05, 0.1) is 0 Å². The Balaban J connectivity index is 4.24. The lowest BCUT2D eigenvalue weighted by Gasteiger charge is -2.18. The average molecular weight is 1090 g/mol. The number of carbonyl (C=O) groups is 3. The summed E-state index contributed by atoms with van der Waals surface area (Å²) in [6.45, 7) is 6.54. The topological polar surface area (TPSA) is 78.9 Å². The van der Waals surface area contributed by atoms with Gasteiger partial charge in [-0.1, -0.05) is 312 Å². The molecule has 0 N–H and O–H groups in total. The highest BCUT2D eigenvalue weighted by Crippen LogP contribution is 2.17. The van der Waals surface area contributed by atoms with E-state index in [-0.39, 0.29) is 31.1 Å². The highest BCUT2D eigenvalue weighted by atomic mass is 16.6. The van der Waals surface area contributed by atoms with Crippen molar-refractivity contribution in [2.24, 2.45) is 0 Å². The molecule has 0 aromatic heterocycles. The lowest BCUT2D eigenvalue weighted by Crippen LogP contribution is -2.30.